The molecule has 0 spiro atoms. The minimum absolute atomic E-state index is 0.201. The summed E-state index contributed by atoms with van der Waals surface area (Å²) in [6, 6.07) is 9.78. The van der Waals surface area contributed by atoms with E-state index in [2.05, 4.69) is 30.5 Å². The molecule has 0 bridgehead atoms. The number of pyridine rings is 3. The Labute approximate surface area is 220 Å². The maximum Gasteiger partial charge on any atom is 0.161 e. The smallest absolute Gasteiger partial charge is 0.161 e. The van der Waals surface area contributed by atoms with Crippen molar-refractivity contribution in [3.63, 3.8) is 0 Å². The third-order valence-corrected chi connectivity index (χ3v) is 7.73. The molecular weight excluding hydrogens is 508 g/mol. The van der Waals surface area contributed by atoms with Gasteiger partial charge in [-0.3, -0.25) is 15.1 Å². The fraction of sp³-hybridized carbons (Fsp3) is 0.192. The number of hydrogen-bond acceptors (Lipinski definition) is 8. The number of nitrogens with one attached hydrogen (secondary N) is 3. The first-order valence-electron chi connectivity index (χ1n) is 12.0. The van der Waals surface area contributed by atoms with Gasteiger partial charge in [0.15, 0.2) is 11.5 Å². The fourth-order valence-electron chi connectivity index (χ4n) is 4.64. The Bertz CT molecular complexity index is 1740. The summed E-state index contributed by atoms with van der Waals surface area (Å²) in [5, 5.41) is 11.0. The highest BCUT2D eigenvalue weighted by atomic mass is 35.5. The lowest BCUT2D eigenvalue weighted by Crippen LogP contribution is -2.34. The number of fused-ring (bicyclic) bond motifs is 2. The highest BCUT2D eigenvalue weighted by Gasteiger charge is 2.19. The SMILES string of the molecule is Clc1ccc(-c2cncc3[nH]c(-c4n[nH]c5ccc(-c6cncc(OC7CCNCC7)c6)nc45)nc23)s1. The monoisotopic (exact) mass is 528 g/mol. The van der Waals surface area contributed by atoms with Crippen molar-refractivity contribution in [2.45, 2.75) is 18.9 Å². The van der Waals surface area contributed by atoms with Gasteiger partial charge < -0.3 is 15.0 Å². The fourth-order valence-corrected chi connectivity index (χ4v) is 5.69. The van der Waals surface area contributed by atoms with Gasteiger partial charge in [0.2, 0.25) is 0 Å². The number of halogens is 1. The van der Waals surface area contributed by atoms with Gasteiger partial charge in [0.1, 0.15) is 22.9 Å². The standard InChI is InChI=1S/C26H21ClN8OS/c27-22-4-3-21(37-22)17-12-30-13-20-23(17)33-26(32-20)25-24-19(34-35-25)2-1-18(31-24)14-9-16(11-29-10-14)36-15-5-7-28-8-6-15/h1-4,9-13,15,28H,5-8H2,(H,32,33)(H,34,35). The van der Waals surface area contributed by atoms with E-state index in [1.807, 2.05) is 30.3 Å². The van der Waals surface area contributed by atoms with Crippen LogP contribution in [0.5, 0.6) is 5.75 Å². The summed E-state index contributed by atoms with van der Waals surface area (Å²) in [5.74, 6) is 1.37. The minimum Gasteiger partial charge on any atom is -0.489 e. The Balaban J connectivity index is 1.26. The van der Waals surface area contributed by atoms with Gasteiger partial charge in [-0.1, -0.05) is 11.6 Å². The molecule has 7 rings (SSSR count). The van der Waals surface area contributed by atoms with Crippen LogP contribution in [0.2, 0.25) is 4.34 Å². The number of thiophene rings is 1. The lowest BCUT2D eigenvalue weighted by Gasteiger charge is -2.23. The lowest BCUT2D eigenvalue weighted by atomic mass is 10.1. The molecule has 184 valence electrons. The number of aromatic nitrogens is 7. The van der Waals surface area contributed by atoms with Gasteiger partial charge in [-0.25, -0.2) is 9.97 Å². The highest BCUT2D eigenvalue weighted by molar-refractivity contribution is 7.19. The number of piperidine rings is 1. The normalized spacial score (nSPS) is 14.5. The zero-order chi connectivity index (χ0) is 24.8. The largest absolute Gasteiger partial charge is 0.489 e. The third-order valence-electron chi connectivity index (χ3n) is 6.46. The molecule has 0 aliphatic carbocycles. The van der Waals surface area contributed by atoms with E-state index in [4.69, 9.17) is 26.3 Å². The molecule has 11 heteroatoms. The summed E-state index contributed by atoms with van der Waals surface area (Å²) in [6.45, 7) is 1.94. The second-order valence-electron chi connectivity index (χ2n) is 8.91. The predicted molar refractivity (Wildman–Crippen MR) is 145 cm³/mol. The lowest BCUT2D eigenvalue weighted by molar-refractivity contribution is 0.162. The van der Waals surface area contributed by atoms with Crippen LogP contribution in [0.15, 0.2) is 55.1 Å². The van der Waals surface area contributed by atoms with E-state index >= 15 is 0 Å². The van der Waals surface area contributed by atoms with Gasteiger partial charge in [-0.2, -0.15) is 5.10 Å². The molecule has 1 saturated heterocycles. The predicted octanol–water partition coefficient (Wildman–Crippen LogP) is 5.47. The van der Waals surface area contributed by atoms with E-state index < -0.39 is 0 Å². The molecule has 3 N–H and O–H groups in total. The number of aromatic amines is 2. The summed E-state index contributed by atoms with van der Waals surface area (Å²) < 4.78 is 6.91. The average Bonchev–Trinajstić information content (AvgIpc) is 3.66. The van der Waals surface area contributed by atoms with Crippen LogP contribution in [0, 0.1) is 0 Å². The van der Waals surface area contributed by atoms with Crippen molar-refractivity contribution >= 4 is 45.0 Å². The number of hydrogen-bond donors (Lipinski definition) is 3. The van der Waals surface area contributed by atoms with Crippen molar-refractivity contribution in [3.05, 3.63) is 59.5 Å². The summed E-state index contributed by atoms with van der Waals surface area (Å²) in [4.78, 5) is 23.0. The van der Waals surface area contributed by atoms with Crippen molar-refractivity contribution in [2.75, 3.05) is 13.1 Å². The Morgan fingerprint density at radius 2 is 1.81 bits per heavy atom. The maximum atomic E-state index is 6.19. The van der Waals surface area contributed by atoms with Crippen molar-refractivity contribution in [3.8, 4) is 39.0 Å². The van der Waals surface area contributed by atoms with E-state index in [9.17, 15) is 0 Å². The Kier molecular flexibility index (Phi) is 5.57. The molecule has 0 amide bonds. The molecular formula is C26H21ClN8OS. The molecule has 1 aliphatic heterocycles. The molecule has 1 aliphatic rings. The zero-order valence-electron chi connectivity index (χ0n) is 19.5. The second kappa shape index (κ2) is 9.22. The summed E-state index contributed by atoms with van der Waals surface area (Å²) in [5.41, 5.74) is 6.38. The number of rotatable bonds is 5. The minimum atomic E-state index is 0.201. The second-order valence-corrected chi connectivity index (χ2v) is 10.6. The van der Waals surface area contributed by atoms with Crippen LogP contribution in [0.1, 0.15) is 12.8 Å². The number of ether oxygens (including phenoxy) is 1. The van der Waals surface area contributed by atoms with Crippen LogP contribution in [0.3, 0.4) is 0 Å². The van der Waals surface area contributed by atoms with Gasteiger partial charge in [-0.05, 0) is 56.3 Å². The molecule has 6 aromatic rings. The van der Waals surface area contributed by atoms with Crippen LogP contribution in [-0.4, -0.2) is 54.3 Å². The number of nitrogens with zero attached hydrogens (tertiary/aromatic N) is 5. The van der Waals surface area contributed by atoms with Crippen molar-refractivity contribution in [1.82, 2.24) is 40.4 Å². The maximum absolute atomic E-state index is 6.19. The molecule has 9 nitrogen and oxygen atoms in total. The first-order chi connectivity index (χ1) is 18.2. The first-order valence-corrected chi connectivity index (χ1v) is 13.2. The topological polar surface area (TPSA) is 117 Å². The average molecular weight is 529 g/mol. The molecule has 7 heterocycles. The Hall–Kier alpha value is -3.86. The van der Waals surface area contributed by atoms with Gasteiger partial charge in [0.25, 0.3) is 0 Å². The molecule has 0 aromatic carbocycles. The van der Waals surface area contributed by atoms with Gasteiger partial charge in [0, 0.05) is 28.4 Å². The molecule has 1 fully saturated rings. The quantitative estimate of drug-likeness (QED) is 0.271. The molecule has 6 aromatic heterocycles. The van der Waals surface area contributed by atoms with Gasteiger partial charge in [0.05, 0.1) is 33.5 Å². The zero-order valence-corrected chi connectivity index (χ0v) is 21.1. The summed E-state index contributed by atoms with van der Waals surface area (Å²) in [6.07, 6.45) is 9.30. The van der Waals surface area contributed by atoms with E-state index in [1.165, 1.54) is 11.3 Å². The van der Waals surface area contributed by atoms with Crippen LogP contribution in [-0.2, 0) is 0 Å². The first kappa shape index (κ1) is 22.3. The third kappa shape index (κ3) is 4.22. The summed E-state index contributed by atoms with van der Waals surface area (Å²) in [7, 11) is 0. The Morgan fingerprint density at radius 3 is 2.68 bits per heavy atom. The molecule has 0 radical (unpaired) electrons. The van der Waals surface area contributed by atoms with Crippen LogP contribution < -0.4 is 10.1 Å². The summed E-state index contributed by atoms with van der Waals surface area (Å²) >= 11 is 7.66. The Morgan fingerprint density at radius 1 is 0.919 bits per heavy atom. The van der Waals surface area contributed by atoms with Gasteiger partial charge >= 0.3 is 0 Å². The van der Waals surface area contributed by atoms with Crippen molar-refractivity contribution in [2.24, 2.45) is 0 Å². The molecule has 0 atom stereocenters. The van der Waals surface area contributed by atoms with E-state index in [0.29, 0.717) is 11.5 Å². The van der Waals surface area contributed by atoms with Crippen molar-refractivity contribution < 1.29 is 4.74 Å². The van der Waals surface area contributed by atoms with Crippen molar-refractivity contribution in [1.29, 1.82) is 0 Å². The number of H-pyrrole nitrogens is 2. The molecule has 0 unspecified atom stereocenters. The van der Waals surface area contributed by atoms with E-state index in [0.717, 1.165) is 79.8 Å². The van der Waals surface area contributed by atoms with Crippen LogP contribution in [0.4, 0.5) is 0 Å². The molecule has 37 heavy (non-hydrogen) atoms. The number of imidazole rings is 1. The molecule has 0 saturated carbocycles. The van der Waals surface area contributed by atoms with Crippen LogP contribution in [0.25, 0.3) is 55.3 Å². The van der Waals surface area contributed by atoms with Gasteiger partial charge in [-0.15, -0.1) is 11.3 Å². The highest BCUT2D eigenvalue weighted by Crippen LogP contribution is 2.36. The van der Waals surface area contributed by atoms with Crippen LogP contribution >= 0.6 is 22.9 Å². The van der Waals surface area contributed by atoms with E-state index in [1.54, 1.807) is 24.8 Å². The van der Waals surface area contributed by atoms with E-state index in [-0.39, 0.29) is 6.10 Å².